The van der Waals surface area contributed by atoms with E-state index in [2.05, 4.69) is 40.3 Å². The second-order valence-corrected chi connectivity index (χ2v) is 6.38. The molecule has 1 aromatic carbocycles. The number of aryl methyl sites for hydroxylation is 1. The van der Waals surface area contributed by atoms with E-state index in [1.807, 2.05) is 31.3 Å². The first-order chi connectivity index (χ1) is 15.6. The molecule has 0 atom stereocenters. The zero-order valence-corrected chi connectivity index (χ0v) is 19.9. The minimum Gasteiger partial charge on any atom is -0.495 e. The molecule has 0 bridgehead atoms. The molecule has 0 saturated heterocycles. The van der Waals surface area contributed by atoms with Crippen LogP contribution in [0.25, 0.3) is 0 Å². The molecule has 4 nitrogen and oxygen atoms in total. The maximum atomic E-state index is 5.20. The summed E-state index contributed by atoms with van der Waals surface area (Å²) in [6, 6.07) is 7.46. The predicted octanol–water partition coefficient (Wildman–Crippen LogP) is 5.32. The van der Waals surface area contributed by atoms with Gasteiger partial charge in [-0.3, -0.25) is 0 Å². The molecule has 2 aromatic rings. The fraction of sp³-hybridized carbons (Fsp3) is 0.393. The van der Waals surface area contributed by atoms with E-state index < -0.39 is 0 Å². The van der Waals surface area contributed by atoms with Gasteiger partial charge in [0.15, 0.2) is 0 Å². The van der Waals surface area contributed by atoms with Gasteiger partial charge in [-0.25, -0.2) is 4.98 Å². The van der Waals surface area contributed by atoms with Crippen LogP contribution < -0.4 is 4.74 Å². The molecule has 1 heterocycles. The fourth-order valence-electron chi connectivity index (χ4n) is 2.17. The molecule has 32 heavy (non-hydrogen) atoms. The Labute approximate surface area is 195 Å². The van der Waals surface area contributed by atoms with Gasteiger partial charge in [0, 0.05) is 20.6 Å². The zero-order valence-electron chi connectivity index (χ0n) is 19.9. The first-order valence-electron chi connectivity index (χ1n) is 10.4. The Hall–Kier alpha value is -3.57. The molecular formula is C28H36N2O2. The maximum absolute atomic E-state index is 5.20. The molecule has 2 rings (SSSR count). The summed E-state index contributed by atoms with van der Waals surface area (Å²) in [5.74, 6) is 10.7. The predicted molar refractivity (Wildman–Crippen MR) is 135 cm³/mol. The number of aromatic nitrogens is 2. The van der Waals surface area contributed by atoms with Crippen molar-refractivity contribution in [1.29, 1.82) is 0 Å². The van der Waals surface area contributed by atoms with Gasteiger partial charge in [0.1, 0.15) is 18.1 Å². The number of imidazole rings is 1. The van der Waals surface area contributed by atoms with Crippen molar-refractivity contribution >= 4 is 0 Å². The van der Waals surface area contributed by atoms with E-state index in [9.17, 15) is 0 Å². The molecule has 0 unspecified atom stereocenters. The molecule has 0 aliphatic carbocycles. The number of methoxy groups -OCH3 is 2. The summed E-state index contributed by atoms with van der Waals surface area (Å²) in [6.45, 7) is 2.64. The van der Waals surface area contributed by atoms with Crippen LogP contribution in [0, 0.1) is 49.4 Å². The highest BCUT2D eigenvalue weighted by Crippen LogP contribution is 2.14. The van der Waals surface area contributed by atoms with Crippen LogP contribution in [0.1, 0.15) is 56.7 Å². The Morgan fingerprint density at radius 2 is 1.62 bits per heavy atom. The molecule has 0 saturated carbocycles. The van der Waals surface area contributed by atoms with Crippen LogP contribution in [-0.2, 0) is 11.8 Å². The first kappa shape index (κ1) is 30.6. The summed E-state index contributed by atoms with van der Waals surface area (Å²) in [5.41, 5.74) is 1.61. The van der Waals surface area contributed by atoms with Crippen LogP contribution in [0.15, 0.2) is 36.8 Å². The molecular weight excluding hydrogens is 396 g/mol. The van der Waals surface area contributed by atoms with Crippen molar-refractivity contribution in [3.05, 3.63) is 48.0 Å². The van der Waals surface area contributed by atoms with Crippen molar-refractivity contribution < 1.29 is 9.47 Å². The molecule has 0 amide bonds. The van der Waals surface area contributed by atoms with Gasteiger partial charge < -0.3 is 14.0 Å². The van der Waals surface area contributed by atoms with Crippen LogP contribution in [0.2, 0.25) is 0 Å². The molecule has 0 spiro atoms. The Bertz CT molecular complexity index is 870. The number of terminal acetylenes is 4. The summed E-state index contributed by atoms with van der Waals surface area (Å²) in [4.78, 5) is 3.81. The monoisotopic (exact) mass is 432 g/mol. The average Bonchev–Trinajstić information content (AvgIpc) is 3.25. The highest BCUT2D eigenvalue weighted by Gasteiger charge is 1.94. The topological polar surface area (TPSA) is 36.3 Å². The molecule has 0 N–H and O–H groups in total. The number of nitrogens with zero attached hydrogens (tertiary/aromatic N) is 2. The second kappa shape index (κ2) is 23.7. The Morgan fingerprint density at radius 3 is 2.00 bits per heavy atom. The second-order valence-electron chi connectivity index (χ2n) is 6.38. The van der Waals surface area contributed by atoms with Crippen LogP contribution in [-0.4, -0.2) is 30.4 Å². The highest BCUT2D eigenvalue weighted by molar-refractivity contribution is 5.44. The summed E-state index contributed by atoms with van der Waals surface area (Å²) in [5, 5.41) is 0. The SMILES string of the molecule is C#CCCCCCCC.C#CCOC.C#Cc1ccccc1OC.C#Cc1cncn1C. The van der Waals surface area contributed by atoms with E-state index in [1.165, 1.54) is 32.1 Å². The molecule has 4 heteroatoms. The van der Waals surface area contributed by atoms with Crippen molar-refractivity contribution in [3.8, 4) is 55.1 Å². The van der Waals surface area contributed by atoms with Gasteiger partial charge in [-0.2, -0.15) is 0 Å². The fourth-order valence-corrected chi connectivity index (χ4v) is 2.17. The first-order valence-corrected chi connectivity index (χ1v) is 10.4. The van der Waals surface area contributed by atoms with E-state index >= 15 is 0 Å². The third-order valence-corrected chi connectivity index (χ3v) is 3.88. The number of ether oxygens (including phenoxy) is 2. The Balaban J connectivity index is 0. The highest BCUT2D eigenvalue weighted by atomic mass is 16.5. The van der Waals surface area contributed by atoms with Gasteiger partial charge in [-0.05, 0) is 18.6 Å². The van der Waals surface area contributed by atoms with E-state index in [0.29, 0.717) is 6.61 Å². The molecule has 170 valence electrons. The van der Waals surface area contributed by atoms with Crippen LogP contribution >= 0.6 is 0 Å². The van der Waals surface area contributed by atoms with Crippen molar-refractivity contribution in [3.63, 3.8) is 0 Å². The zero-order chi connectivity index (χ0) is 24.5. The quantitative estimate of drug-likeness (QED) is 0.439. The van der Waals surface area contributed by atoms with Gasteiger partial charge in [-0.1, -0.05) is 62.5 Å². The summed E-state index contributed by atoms with van der Waals surface area (Å²) in [7, 11) is 5.04. The third-order valence-electron chi connectivity index (χ3n) is 3.88. The summed E-state index contributed by atoms with van der Waals surface area (Å²) >= 11 is 0. The standard InChI is InChI=1S/C9H8O.C9H16.C6H6N2.C4H6O/c1-3-8-6-4-5-7-9(8)10-2;1-3-5-7-9-8-6-4-2;1-3-6-4-7-5-8(6)2;1-3-4-5-2/h1,4-7H,2H3;1H,4-9H2,2H3;1,4-5H,2H3;1H,4H2,2H3. The summed E-state index contributed by atoms with van der Waals surface area (Å²) < 4.78 is 11.2. The minimum atomic E-state index is 0.417. The number of benzene rings is 1. The van der Waals surface area contributed by atoms with Crippen LogP contribution in [0.4, 0.5) is 0 Å². The lowest BCUT2D eigenvalue weighted by Crippen LogP contribution is -1.86. The number of rotatable bonds is 7. The molecule has 0 aliphatic heterocycles. The number of para-hydroxylation sites is 1. The summed E-state index contributed by atoms with van der Waals surface area (Å²) in [6.07, 6.45) is 31.0. The molecule has 0 aliphatic rings. The number of hydrogen-bond donors (Lipinski definition) is 0. The lowest BCUT2D eigenvalue weighted by Gasteiger charge is -1.99. The molecule has 0 fully saturated rings. The van der Waals surface area contributed by atoms with Gasteiger partial charge >= 0.3 is 0 Å². The third kappa shape index (κ3) is 17.3. The number of unbranched alkanes of at least 4 members (excludes halogenated alkanes) is 5. The Kier molecular flexibility index (Phi) is 22.7. The lowest BCUT2D eigenvalue weighted by atomic mass is 10.1. The van der Waals surface area contributed by atoms with Gasteiger partial charge in [0.05, 0.1) is 25.2 Å². The van der Waals surface area contributed by atoms with Crippen molar-refractivity contribution in [1.82, 2.24) is 9.55 Å². The average molecular weight is 433 g/mol. The van der Waals surface area contributed by atoms with Crippen LogP contribution in [0.3, 0.4) is 0 Å². The minimum absolute atomic E-state index is 0.417. The number of hydrogen-bond acceptors (Lipinski definition) is 3. The van der Waals surface area contributed by atoms with E-state index in [4.69, 9.17) is 30.4 Å². The van der Waals surface area contributed by atoms with E-state index in [-0.39, 0.29) is 0 Å². The Morgan fingerprint density at radius 1 is 0.938 bits per heavy atom. The van der Waals surface area contributed by atoms with Gasteiger partial charge in [0.2, 0.25) is 0 Å². The van der Waals surface area contributed by atoms with Crippen molar-refractivity contribution in [2.24, 2.45) is 7.05 Å². The van der Waals surface area contributed by atoms with Crippen molar-refractivity contribution in [2.75, 3.05) is 20.8 Å². The van der Waals surface area contributed by atoms with E-state index in [1.54, 1.807) is 31.3 Å². The van der Waals surface area contributed by atoms with E-state index in [0.717, 1.165) is 23.4 Å². The molecule has 0 radical (unpaired) electrons. The van der Waals surface area contributed by atoms with Gasteiger partial charge in [-0.15, -0.1) is 31.6 Å². The molecule has 1 aromatic heterocycles. The maximum Gasteiger partial charge on any atom is 0.134 e. The van der Waals surface area contributed by atoms with Crippen LogP contribution in [0.5, 0.6) is 5.75 Å². The van der Waals surface area contributed by atoms with Crippen molar-refractivity contribution in [2.45, 2.75) is 45.4 Å². The smallest absolute Gasteiger partial charge is 0.134 e. The largest absolute Gasteiger partial charge is 0.495 e. The normalized spacial score (nSPS) is 8.25. The lowest BCUT2D eigenvalue weighted by molar-refractivity contribution is 0.240. The van der Waals surface area contributed by atoms with Gasteiger partial charge in [0.25, 0.3) is 0 Å².